The van der Waals surface area contributed by atoms with E-state index in [1.807, 2.05) is 48.5 Å². The molecule has 6 nitrogen and oxygen atoms in total. The summed E-state index contributed by atoms with van der Waals surface area (Å²) in [5, 5.41) is 3.55. The molecule has 5 rings (SSSR count). The Morgan fingerprint density at radius 2 is 1.78 bits per heavy atom. The third-order valence-electron chi connectivity index (χ3n) is 6.80. The first-order chi connectivity index (χ1) is 15.5. The van der Waals surface area contributed by atoms with Crippen LogP contribution in [0.3, 0.4) is 0 Å². The van der Waals surface area contributed by atoms with Gasteiger partial charge in [0, 0.05) is 10.9 Å². The average molecular weight is 431 g/mol. The zero-order valence-corrected chi connectivity index (χ0v) is 18.1. The van der Waals surface area contributed by atoms with E-state index in [4.69, 9.17) is 4.42 Å². The van der Waals surface area contributed by atoms with E-state index in [-0.39, 0.29) is 12.3 Å². The van der Waals surface area contributed by atoms with Crippen LogP contribution in [0.2, 0.25) is 0 Å². The number of ketones is 1. The fraction of sp³-hybridized carbons (Fsp3) is 0.346. The van der Waals surface area contributed by atoms with Gasteiger partial charge in [0.15, 0.2) is 11.3 Å². The molecule has 3 amide bonds. The number of nitrogens with zero attached hydrogens (tertiary/aromatic N) is 1. The third-order valence-corrected chi connectivity index (χ3v) is 6.80. The van der Waals surface area contributed by atoms with Crippen LogP contribution in [0.5, 0.6) is 0 Å². The molecule has 32 heavy (non-hydrogen) atoms. The first kappa shape index (κ1) is 20.5. The second-order valence-electron chi connectivity index (χ2n) is 8.98. The van der Waals surface area contributed by atoms with Gasteiger partial charge in [-0.2, -0.15) is 0 Å². The minimum Gasteiger partial charge on any atom is -0.458 e. The van der Waals surface area contributed by atoms with Crippen molar-refractivity contribution in [3.63, 3.8) is 0 Å². The van der Waals surface area contributed by atoms with Crippen LogP contribution in [0, 0.1) is 0 Å². The molecule has 1 saturated carbocycles. The molecule has 1 atom stereocenters. The molecule has 1 aliphatic heterocycles. The lowest BCUT2D eigenvalue weighted by atomic mass is 9.84. The number of para-hydroxylation sites is 1. The third kappa shape index (κ3) is 3.49. The molecular formula is C26H26N2O4. The molecule has 1 aromatic heterocycles. The van der Waals surface area contributed by atoms with E-state index in [9.17, 15) is 14.4 Å². The summed E-state index contributed by atoms with van der Waals surface area (Å²) in [5.74, 6) is 0.151. The first-order valence-electron chi connectivity index (χ1n) is 11.2. The molecule has 0 spiro atoms. The van der Waals surface area contributed by atoms with Gasteiger partial charge in [-0.3, -0.25) is 14.5 Å². The minimum absolute atomic E-state index is 0.266. The number of fused-ring (bicyclic) bond motifs is 1. The van der Waals surface area contributed by atoms with Gasteiger partial charge in [0.25, 0.3) is 5.91 Å². The number of nitrogens with one attached hydrogen (secondary N) is 1. The zero-order valence-electron chi connectivity index (χ0n) is 18.1. The Balaban J connectivity index is 1.32. The zero-order chi connectivity index (χ0) is 22.3. The van der Waals surface area contributed by atoms with Crippen molar-refractivity contribution in [3.8, 4) is 0 Å². The second-order valence-corrected chi connectivity index (χ2v) is 8.98. The van der Waals surface area contributed by atoms with Crippen molar-refractivity contribution in [2.45, 2.75) is 50.5 Å². The van der Waals surface area contributed by atoms with Crippen LogP contribution < -0.4 is 5.32 Å². The van der Waals surface area contributed by atoms with Crippen LogP contribution in [0.1, 0.15) is 66.6 Å². The van der Waals surface area contributed by atoms with Crippen LogP contribution in [0.15, 0.2) is 59.0 Å². The number of hydrogen-bond donors (Lipinski definition) is 1. The maximum atomic E-state index is 13.2. The Labute approximate surface area is 186 Å². The average Bonchev–Trinajstić information content (AvgIpc) is 3.35. The molecule has 2 aromatic carbocycles. The highest BCUT2D eigenvalue weighted by molar-refractivity contribution is 6.11. The van der Waals surface area contributed by atoms with Crippen LogP contribution >= 0.6 is 0 Å². The van der Waals surface area contributed by atoms with E-state index >= 15 is 0 Å². The van der Waals surface area contributed by atoms with Crippen LogP contribution in [-0.2, 0) is 10.3 Å². The van der Waals surface area contributed by atoms with Gasteiger partial charge in [0.05, 0.1) is 6.54 Å². The van der Waals surface area contributed by atoms with Crippen LogP contribution in [0.4, 0.5) is 4.79 Å². The number of amides is 3. The van der Waals surface area contributed by atoms with E-state index in [2.05, 4.69) is 5.32 Å². The number of rotatable bonds is 5. The summed E-state index contributed by atoms with van der Waals surface area (Å²) >= 11 is 0. The highest BCUT2D eigenvalue weighted by Crippen LogP contribution is 2.34. The number of imide groups is 1. The summed E-state index contributed by atoms with van der Waals surface area (Å²) in [4.78, 5) is 39.6. The van der Waals surface area contributed by atoms with Gasteiger partial charge < -0.3 is 9.73 Å². The number of Topliss-reactive ketones (excluding diaryl/α,β-unsaturated/α-hetero) is 1. The Kier molecular flexibility index (Phi) is 5.08. The monoisotopic (exact) mass is 430 g/mol. The van der Waals surface area contributed by atoms with Gasteiger partial charge in [-0.1, -0.05) is 61.7 Å². The van der Waals surface area contributed by atoms with Crippen molar-refractivity contribution in [1.82, 2.24) is 10.2 Å². The van der Waals surface area contributed by atoms with E-state index in [1.165, 1.54) is 37.7 Å². The maximum absolute atomic E-state index is 13.2. The molecule has 1 unspecified atom stereocenters. The molecule has 1 N–H and O–H groups in total. The molecule has 1 saturated heterocycles. The Morgan fingerprint density at radius 3 is 2.50 bits per heavy atom. The molecule has 164 valence electrons. The molecule has 2 heterocycles. The normalized spacial score (nSPS) is 21.8. The molecular weight excluding hydrogens is 404 g/mol. The van der Waals surface area contributed by atoms with E-state index < -0.39 is 17.5 Å². The summed E-state index contributed by atoms with van der Waals surface area (Å²) in [6.07, 6.45) is 6.18. The predicted octanol–water partition coefficient (Wildman–Crippen LogP) is 5.13. The van der Waals surface area contributed by atoms with Gasteiger partial charge in [-0.15, -0.1) is 0 Å². The second kappa shape index (κ2) is 7.93. The minimum atomic E-state index is -1.35. The molecule has 1 aliphatic carbocycles. The van der Waals surface area contributed by atoms with Crippen molar-refractivity contribution in [1.29, 1.82) is 0 Å². The van der Waals surface area contributed by atoms with Crippen molar-refractivity contribution in [2.75, 3.05) is 6.54 Å². The Morgan fingerprint density at radius 1 is 1.06 bits per heavy atom. The van der Waals surface area contributed by atoms with Gasteiger partial charge in [-0.25, -0.2) is 4.79 Å². The predicted molar refractivity (Wildman–Crippen MR) is 120 cm³/mol. The van der Waals surface area contributed by atoms with Gasteiger partial charge in [0.1, 0.15) is 11.3 Å². The van der Waals surface area contributed by atoms with Crippen LogP contribution in [0.25, 0.3) is 11.0 Å². The SMILES string of the molecule is CC1(c2cc3ccccc3o2)NC(=O)N(CC(=O)c2ccc(C3CCCCC3)cc2)C1=O. The summed E-state index contributed by atoms with van der Waals surface area (Å²) in [5.41, 5.74) is 1.05. The van der Waals surface area contributed by atoms with Crippen molar-refractivity contribution in [2.24, 2.45) is 0 Å². The summed E-state index contributed by atoms with van der Waals surface area (Å²) in [7, 11) is 0. The highest BCUT2D eigenvalue weighted by Gasteiger charge is 2.51. The van der Waals surface area contributed by atoms with Gasteiger partial charge in [0.2, 0.25) is 0 Å². The molecule has 2 fully saturated rings. The smallest absolute Gasteiger partial charge is 0.325 e. The number of urea groups is 1. The quantitative estimate of drug-likeness (QED) is 0.449. The standard InChI is InChI=1S/C26H26N2O4/c1-26(23-15-20-9-5-6-10-22(20)32-23)24(30)28(25(31)27-26)16-21(29)19-13-11-18(12-14-19)17-7-3-2-4-8-17/h5-6,9-15,17H,2-4,7-8,16H2,1H3,(H,27,31). The number of carbonyl (C=O) groups excluding carboxylic acids is 3. The lowest BCUT2D eigenvalue weighted by Gasteiger charge is -2.22. The number of furan rings is 1. The maximum Gasteiger partial charge on any atom is 0.325 e. The number of hydrogen-bond acceptors (Lipinski definition) is 4. The summed E-state index contributed by atoms with van der Waals surface area (Å²) in [6.45, 7) is 1.30. The van der Waals surface area contributed by atoms with Crippen molar-refractivity contribution < 1.29 is 18.8 Å². The Bertz CT molecular complexity index is 1160. The topological polar surface area (TPSA) is 79.6 Å². The molecule has 2 aliphatic rings. The fourth-order valence-electron chi connectivity index (χ4n) is 4.85. The Hall–Kier alpha value is -3.41. The highest BCUT2D eigenvalue weighted by atomic mass is 16.3. The lowest BCUT2D eigenvalue weighted by molar-refractivity contribution is -0.131. The lowest BCUT2D eigenvalue weighted by Crippen LogP contribution is -2.41. The molecule has 0 radical (unpaired) electrons. The van der Waals surface area contributed by atoms with Gasteiger partial charge >= 0.3 is 6.03 Å². The molecule has 6 heteroatoms. The summed E-state index contributed by atoms with van der Waals surface area (Å²) < 4.78 is 5.84. The summed E-state index contributed by atoms with van der Waals surface area (Å²) in [6, 6.07) is 16.2. The molecule has 3 aromatic rings. The largest absolute Gasteiger partial charge is 0.458 e. The van der Waals surface area contributed by atoms with E-state index in [1.54, 1.807) is 13.0 Å². The van der Waals surface area contributed by atoms with E-state index in [0.29, 0.717) is 22.8 Å². The van der Waals surface area contributed by atoms with Gasteiger partial charge in [-0.05, 0) is 43.4 Å². The van der Waals surface area contributed by atoms with Crippen molar-refractivity contribution in [3.05, 3.63) is 71.5 Å². The first-order valence-corrected chi connectivity index (χ1v) is 11.2. The number of carbonyl (C=O) groups is 3. The van der Waals surface area contributed by atoms with Crippen LogP contribution in [-0.4, -0.2) is 29.2 Å². The molecule has 0 bridgehead atoms. The van der Waals surface area contributed by atoms with E-state index in [0.717, 1.165) is 10.3 Å². The fourth-order valence-corrected chi connectivity index (χ4v) is 4.85. The number of benzene rings is 2. The van der Waals surface area contributed by atoms with Crippen molar-refractivity contribution >= 4 is 28.7 Å².